The Balaban J connectivity index is 1.73. The predicted octanol–water partition coefficient (Wildman–Crippen LogP) is 0.658. The van der Waals surface area contributed by atoms with Gasteiger partial charge in [0.25, 0.3) is 5.91 Å². The number of nitrogens with zero attached hydrogens (tertiary/aromatic N) is 1. The molecule has 1 unspecified atom stereocenters. The number of hydrogen-bond donors (Lipinski definition) is 4. The average Bonchev–Trinajstić information content (AvgIpc) is 2.98. The molecule has 0 spiro atoms. The molecule has 0 saturated carbocycles. The molecule has 1 aromatic carbocycles. The zero-order chi connectivity index (χ0) is 21.7. The molecule has 9 heteroatoms. The smallest absolute Gasteiger partial charge is 0.271 e. The van der Waals surface area contributed by atoms with E-state index in [1.54, 1.807) is 19.0 Å². The number of carbonyl (C=O) groups excluding carboxylic acids is 2. The highest BCUT2D eigenvalue weighted by molar-refractivity contribution is 5.94. The van der Waals surface area contributed by atoms with Crippen LogP contribution in [0.15, 0.2) is 29.7 Å². The van der Waals surface area contributed by atoms with Gasteiger partial charge < -0.3 is 35.6 Å². The van der Waals surface area contributed by atoms with Gasteiger partial charge in [0.05, 0.1) is 32.5 Å². The summed E-state index contributed by atoms with van der Waals surface area (Å²) < 4.78 is 11.5. The minimum absolute atomic E-state index is 0.0642. The highest BCUT2D eigenvalue weighted by Crippen LogP contribution is 2.34. The van der Waals surface area contributed by atoms with Crippen molar-refractivity contribution in [3.8, 4) is 11.5 Å². The first-order valence-electron chi connectivity index (χ1n) is 10.3. The highest BCUT2D eigenvalue weighted by atomic mass is 16.5. The number of nitrogens with one attached hydrogen (secondary N) is 4. The fourth-order valence-electron chi connectivity index (χ4n) is 3.61. The van der Waals surface area contributed by atoms with Gasteiger partial charge >= 0.3 is 0 Å². The first-order chi connectivity index (χ1) is 14.4. The maximum Gasteiger partial charge on any atom is 0.271 e. The summed E-state index contributed by atoms with van der Waals surface area (Å²) in [7, 11) is 3.30. The van der Waals surface area contributed by atoms with E-state index in [2.05, 4.69) is 35.1 Å². The summed E-state index contributed by atoms with van der Waals surface area (Å²) in [5.41, 5.74) is 1.38. The number of carbonyl (C=O) groups is 2. The second-order valence-electron chi connectivity index (χ2n) is 7.63. The fraction of sp³-hybridized carbons (Fsp3) is 0.524. The molecule has 4 N–H and O–H groups in total. The minimum Gasteiger partial charge on any atom is -0.490 e. The van der Waals surface area contributed by atoms with E-state index in [0.717, 1.165) is 17.7 Å². The van der Waals surface area contributed by atoms with E-state index in [9.17, 15) is 9.59 Å². The van der Waals surface area contributed by atoms with Gasteiger partial charge in [-0.2, -0.15) is 0 Å². The van der Waals surface area contributed by atoms with Crippen molar-refractivity contribution in [1.82, 2.24) is 26.2 Å². The lowest BCUT2D eigenvalue weighted by atomic mass is 9.95. The summed E-state index contributed by atoms with van der Waals surface area (Å²) in [4.78, 5) is 26.8. The third kappa shape index (κ3) is 4.72. The monoisotopic (exact) mass is 417 g/mol. The summed E-state index contributed by atoms with van der Waals surface area (Å²) in [6.45, 7) is 5.80. The molecule has 0 saturated heterocycles. The van der Waals surface area contributed by atoms with Gasteiger partial charge in [0.15, 0.2) is 11.5 Å². The first-order valence-corrected chi connectivity index (χ1v) is 10.3. The van der Waals surface area contributed by atoms with E-state index in [0.29, 0.717) is 37.1 Å². The van der Waals surface area contributed by atoms with Crippen molar-refractivity contribution in [3.05, 3.63) is 35.3 Å². The van der Waals surface area contributed by atoms with E-state index in [-0.39, 0.29) is 30.3 Å². The maximum atomic E-state index is 12.9. The predicted molar refractivity (Wildman–Crippen MR) is 113 cm³/mol. The molecule has 2 aliphatic heterocycles. The lowest BCUT2D eigenvalue weighted by Crippen LogP contribution is -2.42. The van der Waals surface area contributed by atoms with Crippen molar-refractivity contribution < 1.29 is 19.1 Å². The number of rotatable bonds is 7. The van der Waals surface area contributed by atoms with Crippen LogP contribution >= 0.6 is 0 Å². The molecule has 1 atom stereocenters. The van der Waals surface area contributed by atoms with Crippen LogP contribution in [-0.4, -0.2) is 57.2 Å². The molecule has 0 bridgehead atoms. The van der Waals surface area contributed by atoms with Gasteiger partial charge in [0.1, 0.15) is 11.5 Å². The summed E-state index contributed by atoms with van der Waals surface area (Å²) >= 11 is 0. The number of fused-ring (bicyclic) bond motifs is 1. The van der Waals surface area contributed by atoms with Crippen LogP contribution < -0.4 is 30.7 Å². The summed E-state index contributed by atoms with van der Waals surface area (Å²) in [6, 6.07) is 5.61. The lowest BCUT2D eigenvalue weighted by molar-refractivity contribution is -0.123. The number of amides is 2. The third-order valence-corrected chi connectivity index (χ3v) is 5.14. The fourth-order valence-corrected chi connectivity index (χ4v) is 3.61. The number of likely N-dealkylation sites (N-methyl/N-ethyl adjacent to an activating group) is 1. The Morgan fingerprint density at radius 2 is 1.90 bits per heavy atom. The van der Waals surface area contributed by atoms with E-state index in [4.69, 9.17) is 9.47 Å². The number of hydrogen-bond acceptors (Lipinski definition) is 7. The maximum absolute atomic E-state index is 12.9. The minimum atomic E-state index is -0.250. The molecular formula is C21H31N5O4. The topological polar surface area (TPSA) is 104 Å². The van der Waals surface area contributed by atoms with Crippen LogP contribution in [0.1, 0.15) is 31.9 Å². The van der Waals surface area contributed by atoms with Gasteiger partial charge in [0.2, 0.25) is 5.91 Å². The van der Waals surface area contributed by atoms with Crippen LogP contribution in [0, 0.1) is 5.92 Å². The second kappa shape index (κ2) is 9.60. The van der Waals surface area contributed by atoms with Crippen LogP contribution in [0.25, 0.3) is 0 Å². The summed E-state index contributed by atoms with van der Waals surface area (Å²) in [6.07, 6.45) is 0.841. The third-order valence-electron chi connectivity index (χ3n) is 5.14. The summed E-state index contributed by atoms with van der Waals surface area (Å²) in [5.74, 6) is 1.79. The van der Waals surface area contributed by atoms with E-state index < -0.39 is 0 Å². The van der Waals surface area contributed by atoms with Gasteiger partial charge in [-0.3, -0.25) is 9.59 Å². The van der Waals surface area contributed by atoms with Gasteiger partial charge in [-0.05, 0) is 23.6 Å². The highest BCUT2D eigenvalue weighted by Gasteiger charge is 2.29. The molecule has 2 amide bonds. The molecular weight excluding hydrogens is 386 g/mol. The van der Waals surface area contributed by atoms with E-state index in [1.165, 1.54) is 0 Å². The molecule has 0 fully saturated rings. The van der Waals surface area contributed by atoms with Crippen molar-refractivity contribution in [1.29, 1.82) is 0 Å². The van der Waals surface area contributed by atoms with Gasteiger partial charge in [-0.25, -0.2) is 0 Å². The van der Waals surface area contributed by atoms with E-state index >= 15 is 0 Å². The molecule has 9 nitrogen and oxygen atoms in total. The molecule has 2 aliphatic rings. The largest absolute Gasteiger partial charge is 0.490 e. The van der Waals surface area contributed by atoms with Crippen LogP contribution in [-0.2, 0) is 9.59 Å². The van der Waals surface area contributed by atoms with Crippen molar-refractivity contribution >= 4 is 11.8 Å². The number of benzene rings is 1. The molecule has 0 aromatic heterocycles. The molecule has 164 valence electrons. The number of ether oxygens (including phenoxy) is 2. The Kier molecular flexibility index (Phi) is 6.91. The van der Waals surface area contributed by atoms with Gasteiger partial charge in [-0.15, -0.1) is 0 Å². The Bertz CT molecular complexity index is 824. The van der Waals surface area contributed by atoms with Crippen LogP contribution in [0.2, 0.25) is 0 Å². The van der Waals surface area contributed by atoms with Crippen molar-refractivity contribution in [3.63, 3.8) is 0 Å². The van der Waals surface area contributed by atoms with Crippen LogP contribution in [0.4, 0.5) is 0 Å². The van der Waals surface area contributed by atoms with Crippen LogP contribution in [0.5, 0.6) is 11.5 Å². The van der Waals surface area contributed by atoms with Crippen molar-refractivity contribution in [2.75, 3.05) is 40.5 Å². The molecule has 0 radical (unpaired) electrons. The molecule has 2 heterocycles. The van der Waals surface area contributed by atoms with Crippen molar-refractivity contribution in [2.24, 2.45) is 5.92 Å². The lowest BCUT2D eigenvalue weighted by Gasteiger charge is -2.26. The molecule has 3 rings (SSSR count). The van der Waals surface area contributed by atoms with Crippen LogP contribution in [0.3, 0.4) is 0 Å². The van der Waals surface area contributed by atoms with Crippen molar-refractivity contribution in [2.45, 2.75) is 26.3 Å². The summed E-state index contributed by atoms with van der Waals surface area (Å²) in [5, 5.41) is 11.8. The Morgan fingerprint density at radius 1 is 1.17 bits per heavy atom. The normalized spacial score (nSPS) is 16.6. The Hall–Kier alpha value is -3.10. The molecule has 1 aromatic rings. The Morgan fingerprint density at radius 3 is 2.57 bits per heavy atom. The van der Waals surface area contributed by atoms with Gasteiger partial charge in [0, 0.05) is 20.5 Å². The standard InChI is InChI=1S/C21H31N5O4/c1-13(2)18(14-6-7-15-16(10-14)30-9-5-8-29-15)25-17(27)11-26-12-24-20(22-3)19(26)21(28)23-4/h6-7,10,13,18,22,24H,5,8-9,11-12H2,1-4H3,(H,23,28)(H,25,27). The Labute approximate surface area is 177 Å². The molecule has 30 heavy (non-hydrogen) atoms. The van der Waals surface area contributed by atoms with Gasteiger partial charge in [-0.1, -0.05) is 19.9 Å². The molecule has 0 aliphatic carbocycles. The quantitative estimate of drug-likeness (QED) is 0.517. The SMILES string of the molecule is CNC(=O)C1=C(NC)NCN1CC(=O)NC(c1ccc2c(c1)OCCCO2)C(C)C. The zero-order valence-electron chi connectivity index (χ0n) is 18.0. The zero-order valence-corrected chi connectivity index (χ0v) is 18.0. The second-order valence-corrected chi connectivity index (χ2v) is 7.63. The van der Waals surface area contributed by atoms with E-state index in [1.807, 2.05) is 18.2 Å². The first kappa shape index (κ1) is 21.6. The average molecular weight is 418 g/mol.